The maximum absolute atomic E-state index is 12.9. The predicted molar refractivity (Wildman–Crippen MR) is 121 cm³/mol. The molecule has 0 radical (unpaired) electrons. The molecular formula is C22H44N2O4Si. The summed E-state index contributed by atoms with van der Waals surface area (Å²) in [6.45, 7) is 18.7. The second kappa shape index (κ2) is 10.3. The van der Waals surface area contributed by atoms with Gasteiger partial charge < -0.3 is 19.7 Å². The molecule has 1 saturated carbocycles. The highest BCUT2D eigenvalue weighted by atomic mass is 28.4. The Morgan fingerprint density at radius 3 is 2.21 bits per heavy atom. The molecule has 1 fully saturated rings. The molecule has 0 bridgehead atoms. The van der Waals surface area contributed by atoms with Crippen molar-refractivity contribution in [3.63, 3.8) is 0 Å². The molecule has 0 aromatic rings. The second-order valence-corrected chi connectivity index (χ2v) is 15.7. The quantitative estimate of drug-likeness (QED) is 0.456. The van der Waals surface area contributed by atoms with Gasteiger partial charge in [-0.15, -0.1) is 0 Å². The molecule has 7 heteroatoms. The van der Waals surface area contributed by atoms with Gasteiger partial charge in [0, 0.05) is 19.6 Å². The smallest absolute Gasteiger partial charge is 0.317 e. The lowest BCUT2D eigenvalue weighted by Crippen LogP contribution is -2.49. The summed E-state index contributed by atoms with van der Waals surface area (Å²) in [5, 5.41) is 12.4. The van der Waals surface area contributed by atoms with Crippen LogP contribution in [0.25, 0.3) is 0 Å². The van der Waals surface area contributed by atoms with Crippen molar-refractivity contribution < 1.29 is 19.1 Å². The second-order valence-electron chi connectivity index (χ2n) is 10.9. The van der Waals surface area contributed by atoms with E-state index in [9.17, 15) is 14.7 Å². The lowest BCUT2D eigenvalue weighted by atomic mass is 9.80. The van der Waals surface area contributed by atoms with E-state index < -0.39 is 25.6 Å². The van der Waals surface area contributed by atoms with Crippen LogP contribution in [-0.4, -0.2) is 56.6 Å². The molecular weight excluding hydrogens is 384 g/mol. The molecule has 0 aliphatic heterocycles. The van der Waals surface area contributed by atoms with Gasteiger partial charge >= 0.3 is 12.0 Å². The number of urea groups is 1. The molecule has 0 saturated heterocycles. The standard InChI is InChI=1S/C22H44N2O4Si/c1-17(19(25)26)22(5,6)16-23-20(27)24(13-12-18-10-9-11-18)14-15-28-29(7,8)21(2,3)4/h17-18H,9-16H2,1-8H3,(H,23,27)(H,25,26)/t17-/m1/s1. The fourth-order valence-electron chi connectivity index (χ4n) is 2.96. The topological polar surface area (TPSA) is 78.9 Å². The number of nitrogens with one attached hydrogen (secondary N) is 1. The predicted octanol–water partition coefficient (Wildman–Crippen LogP) is 4.96. The summed E-state index contributed by atoms with van der Waals surface area (Å²) >= 11 is 0. The van der Waals surface area contributed by atoms with Crippen LogP contribution in [0.2, 0.25) is 18.1 Å². The van der Waals surface area contributed by atoms with E-state index in [1.54, 1.807) is 6.92 Å². The Labute approximate surface area is 178 Å². The van der Waals surface area contributed by atoms with Crippen molar-refractivity contribution in [3.8, 4) is 0 Å². The Bertz CT molecular complexity index is 554. The Morgan fingerprint density at radius 2 is 1.76 bits per heavy atom. The van der Waals surface area contributed by atoms with Gasteiger partial charge in [0.15, 0.2) is 8.32 Å². The normalized spacial score (nSPS) is 16.8. The highest BCUT2D eigenvalue weighted by Gasteiger charge is 2.37. The van der Waals surface area contributed by atoms with Crippen molar-refractivity contribution in [2.75, 3.05) is 26.2 Å². The molecule has 29 heavy (non-hydrogen) atoms. The zero-order chi connectivity index (χ0) is 22.5. The molecule has 2 amide bonds. The van der Waals surface area contributed by atoms with Crippen molar-refractivity contribution in [1.82, 2.24) is 10.2 Å². The first kappa shape index (κ1) is 26.0. The number of rotatable bonds is 11. The zero-order valence-electron chi connectivity index (χ0n) is 19.9. The van der Waals surface area contributed by atoms with E-state index in [1.165, 1.54) is 19.3 Å². The highest BCUT2D eigenvalue weighted by Crippen LogP contribution is 2.36. The number of amides is 2. The minimum Gasteiger partial charge on any atom is -0.481 e. The summed E-state index contributed by atoms with van der Waals surface area (Å²) in [5.41, 5.74) is -0.515. The summed E-state index contributed by atoms with van der Waals surface area (Å²) in [4.78, 5) is 26.1. The maximum Gasteiger partial charge on any atom is 0.317 e. The third-order valence-corrected chi connectivity index (χ3v) is 11.7. The van der Waals surface area contributed by atoms with Gasteiger partial charge in [-0.25, -0.2) is 4.79 Å². The van der Waals surface area contributed by atoms with E-state index in [0.29, 0.717) is 19.7 Å². The summed E-state index contributed by atoms with van der Waals surface area (Å²) < 4.78 is 6.28. The lowest BCUT2D eigenvalue weighted by molar-refractivity contribution is -0.144. The van der Waals surface area contributed by atoms with E-state index in [0.717, 1.165) is 18.9 Å². The molecule has 0 unspecified atom stereocenters. The largest absolute Gasteiger partial charge is 0.481 e. The number of hydrogen-bond acceptors (Lipinski definition) is 3. The van der Waals surface area contributed by atoms with E-state index >= 15 is 0 Å². The molecule has 2 N–H and O–H groups in total. The first-order valence-corrected chi connectivity index (χ1v) is 14.0. The van der Waals surface area contributed by atoms with Crippen molar-refractivity contribution in [1.29, 1.82) is 0 Å². The molecule has 1 rings (SSSR count). The molecule has 1 atom stereocenters. The van der Waals surface area contributed by atoms with Crippen LogP contribution >= 0.6 is 0 Å². The number of carbonyl (C=O) groups excluding carboxylic acids is 1. The van der Waals surface area contributed by atoms with Crippen LogP contribution in [-0.2, 0) is 9.22 Å². The van der Waals surface area contributed by atoms with E-state index in [2.05, 4.69) is 39.2 Å². The highest BCUT2D eigenvalue weighted by molar-refractivity contribution is 6.74. The molecule has 0 spiro atoms. The van der Waals surface area contributed by atoms with Crippen LogP contribution in [0.3, 0.4) is 0 Å². The first-order chi connectivity index (χ1) is 13.2. The summed E-state index contributed by atoms with van der Waals surface area (Å²) in [5.74, 6) is -0.642. The van der Waals surface area contributed by atoms with Crippen molar-refractivity contribution in [3.05, 3.63) is 0 Å². The van der Waals surface area contributed by atoms with E-state index in [1.807, 2.05) is 18.7 Å². The Hall–Kier alpha value is -1.08. The van der Waals surface area contributed by atoms with Gasteiger partial charge in [0.25, 0.3) is 0 Å². The number of hydrogen-bond donors (Lipinski definition) is 2. The van der Waals surface area contributed by atoms with Crippen molar-refractivity contribution >= 4 is 20.3 Å². The van der Waals surface area contributed by atoms with Gasteiger partial charge in [-0.05, 0) is 35.9 Å². The number of carboxylic acids is 1. The molecule has 1 aliphatic rings. The molecule has 0 aromatic heterocycles. The molecule has 6 nitrogen and oxygen atoms in total. The minimum absolute atomic E-state index is 0.117. The minimum atomic E-state index is -1.85. The molecule has 0 heterocycles. The summed E-state index contributed by atoms with van der Waals surface area (Å²) in [6, 6.07) is -0.117. The Kier molecular flexibility index (Phi) is 9.21. The maximum atomic E-state index is 12.9. The van der Waals surface area contributed by atoms with Crippen LogP contribution in [0.5, 0.6) is 0 Å². The number of carboxylic acid groups (broad SMARTS) is 1. The van der Waals surface area contributed by atoms with E-state index in [-0.39, 0.29) is 11.1 Å². The number of aliphatic carboxylic acids is 1. The van der Waals surface area contributed by atoms with Gasteiger partial charge in [0.2, 0.25) is 0 Å². The molecule has 1 aliphatic carbocycles. The van der Waals surface area contributed by atoms with Crippen molar-refractivity contribution in [2.24, 2.45) is 17.3 Å². The zero-order valence-corrected chi connectivity index (χ0v) is 20.9. The van der Waals surface area contributed by atoms with Crippen LogP contribution in [0.1, 0.15) is 67.2 Å². The summed E-state index contributed by atoms with van der Waals surface area (Å²) in [7, 11) is -1.85. The van der Waals surface area contributed by atoms with Gasteiger partial charge in [-0.3, -0.25) is 4.79 Å². The molecule has 170 valence electrons. The van der Waals surface area contributed by atoms with Gasteiger partial charge in [-0.2, -0.15) is 0 Å². The lowest BCUT2D eigenvalue weighted by Gasteiger charge is -2.37. The van der Waals surface area contributed by atoms with Gasteiger partial charge in [-0.1, -0.05) is 60.8 Å². The monoisotopic (exact) mass is 428 g/mol. The van der Waals surface area contributed by atoms with Crippen LogP contribution < -0.4 is 5.32 Å². The number of carbonyl (C=O) groups is 2. The summed E-state index contributed by atoms with van der Waals surface area (Å²) in [6.07, 6.45) is 4.85. The van der Waals surface area contributed by atoms with Crippen LogP contribution in [0, 0.1) is 17.3 Å². The molecule has 0 aromatic carbocycles. The average Bonchev–Trinajstić information content (AvgIpc) is 2.54. The SMILES string of the molecule is C[C@H](C(=O)O)C(C)(C)CNC(=O)N(CCO[Si](C)(C)C(C)(C)C)CCC1CCC1. The van der Waals surface area contributed by atoms with Gasteiger partial charge in [0.05, 0.1) is 12.5 Å². The van der Waals surface area contributed by atoms with Crippen LogP contribution in [0.4, 0.5) is 4.79 Å². The number of nitrogens with zero attached hydrogens (tertiary/aromatic N) is 1. The first-order valence-electron chi connectivity index (χ1n) is 11.1. The van der Waals surface area contributed by atoms with E-state index in [4.69, 9.17) is 4.43 Å². The average molecular weight is 429 g/mol. The Balaban J connectivity index is 2.65. The third kappa shape index (κ3) is 7.93. The van der Waals surface area contributed by atoms with Crippen molar-refractivity contribution in [2.45, 2.75) is 85.4 Å². The van der Waals surface area contributed by atoms with Crippen LogP contribution in [0.15, 0.2) is 0 Å². The van der Waals surface area contributed by atoms with Gasteiger partial charge in [0.1, 0.15) is 0 Å². The fourth-order valence-corrected chi connectivity index (χ4v) is 4.00. The Morgan fingerprint density at radius 1 is 1.17 bits per heavy atom. The third-order valence-electron chi connectivity index (χ3n) is 7.19. The fraction of sp³-hybridized carbons (Fsp3) is 0.909.